The Morgan fingerprint density at radius 2 is 1.67 bits per heavy atom. The van der Waals surface area contributed by atoms with Crippen molar-refractivity contribution in [2.45, 2.75) is 18.3 Å². The molecule has 0 fully saturated rings. The third-order valence-electron chi connectivity index (χ3n) is 2.72. The molecule has 12 heavy (non-hydrogen) atoms. The third-order valence-corrected chi connectivity index (χ3v) is 2.72. The van der Waals surface area contributed by atoms with Gasteiger partial charge in [-0.3, -0.25) is 0 Å². The molecule has 4 rings (SSSR count). The third kappa shape index (κ3) is 0.569. The van der Waals surface area contributed by atoms with Crippen LogP contribution in [0.3, 0.4) is 0 Å². The van der Waals surface area contributed by atoms with Crippen LogP contribution in [-0.2, 0) is 0 Å². The zero-order chi connectivity index (χ0) is 7.59. The highest BCUT2D eigenvalue weighted by atomic mass is 19.1. The van der Waals surface area contributed by atoms with E-state index in [1.807, 2.05) is 6.07 Å². The maximum absolute atomic E-state index is 13.2. The summed E-state index contributed by atoms with van der Waals surface area (Å²) in [6, 6.07) is 5.30. The molecule has 0 amide bonds. The summed E-state index contributed by atoms with van der Waals surface area (Å²) in [5.41, 5.74) is 1.98. The first-order valence-electron chi connectivity index (χ1n) is 3.71. The van der Waals surface area contributed by atoms with Crippen LogP contribution < -0.4 is 6.15 Å². The first kappa shape index (κ1) is 7.68. The van der Waals surface area contributed by atoms with Gasteiger partial charge in [0.15, 0.2) is 0 Å². The number of halogens is 2. The fourth-order valence-corrected chi connectivity index (χ4v) is 2.16. The summed E-state index contributed by atoms with van der Waals surface area (Å²) in [4.78, 5) is 0. The van der Waals surface area contributed by atoms with Crippen LogP contribution in [0.5, 0.6) is 0 Å². The molecule has 4 bridgehead atoms. The number of hydrogen-bond donors (Lipinski definition) is 1. The van der Waals surface area contributed by atoms with Crippen LogP contribution in [-0.4, -0.2) is 0 Å². The lowest BCUT2D eigenvalue weighted by Crippen LogP contribution is -2.04. The maximum atomic E-state index is 13.2. The van der Waals surface area contributed by atoms with Gasteiger partial charge in [-0.2, -0.15) is 0 Å². The summed E-state index contributed by atoms with van der Waals surface area (Å²) >= 11 is 0. The van der Waals surface area contributed by atoms with Crippen LogP contribution in [0.4, 0.5) is 8.78 Å². The highest BCUT2D eigenvalue weighted by Gasteiger charge is 2.47. The van der Waals surface area contributed by atoms with E-state index in [9.17, 15) is 8.78 Å². The Bertz CT molecular complexity index is 337. The van der Waals surface area contributed by atoms with Gasteiger partial charge in [-0.1, -0.05) is 18.2 Å². The Hall–Kier alpha value is -0.960. The van der Waals surface area contributed by atoms with Gasteiger partial charge in [-0.15, -0.1) is 0 Å². The first-order valence-corrected chi connectivity index (χ1v) is 3.71. The maximum Gasteiger partial charge on any atom is 0.135 e. The van der Waals surface area contributed by atoms with E-state index < -0.39 is 18.3 Å². The van der Waals surface area contributed by atoms with E-state index in [2.05, 4.69) is 0 Å². The molecule has 0 heterocycles. The lowest BCUT2D eigenvalue weighted by molar-refractivity contribution is 0.220. The Morgan fingerprint density at radius 1 is 1.00 bits per heavy atom. The lowest BCUT2D eigenvalue weighted by atomic mass is 9.92. The number of fused-ring (bicyclic) bond motifs is 1. The van der Waals surface area contributed by atoms with Crippen molar-refractivity contribution in [3.05, 3.63) is 34.9 Å². The van der Waals surface area contributed by atoms with E-state index in [1.165, 1.54) is 0 Å². The normalized spacial score (nSPS) is 34.0. The van der Waals surface area contributed by atoms with E-state index in [0.29, 0.717) is 11.1 Å². The van der Waals surface area contributed by atoms with Crippen molar-refractivity contribution in [1.29, 1.82) is 0 Å². The molecule has 0 saturated carbocycles. The predicted molar refractivity (Wildman–Crippen MR) is 41.9 cm³/mol. The molecule has 3 unspecified atom stereocenters. The Morgan fingerprint density at radius 3 is 2.08 bits per heavy atom. The minimum atomic E-state index is -1.06. The van der Waals surface area contributed by atoms with E-state index in [4.69, 9.17) is 0 Å². The Labute approximate surface area is 69.0 Å². The van der Waals surface area contributed by atoms with Gasteiger partial charge >= 0.3 is 0 Å². The zero-order valence-electron chi connectivity index (χ0n) is 6.43. The monoisotopic (exact) mass is 169 g/mol. The number of benzene rings is 1. The molecule has 1 aromatic carbocycles. The SMILES string of the molecule is FC1c2ccc3cc2C(F)C31.N. The molecule has 64 valence electrons. The quantitative estimate of drug-likeness (QED) is 0.636. The topological polar surface area (TPSA) is 35.0 Å². The second kappa shape index (κ2) is 2.04. The number of alkyl halides is 2. The molecular formula is C9H9F2N. The van der Waals surface area contributed by atoms with Crippen molar-refractivity contribution in [2.75, 3.05) is 0 Å². The van der Waals surface area contributed by atoms with Gasteiger partial charge in [0.2, 0.25) is 0 Å². The fourth-order valence-electron chi connectivity index (χ4n) is 2.16. The van der Waals surface area contributed by atoms with Gasteiger partial charge in [-0.25, -0.2) is 8.78 Å². The largest absolute Gasteiger partial charge is 0.344 e. The summed E-state index contributed by atoms with van der Waals surface area (Å²) < 4.78 is 26.3. The van der Waals surface area contributed by atoms with E-state index in [1.54, 1.807) is 12.1 Å². The van der Waals surface area contributed by atoms with Gasteiger partial charge in [0, 0.05) is 0 Å². The van der Waals surface area contributed by atoms with Crippen molar-refractivity contribution in [3.63, 3.8) is 0 Å². The van der Waals surface area contributed by atoms with Crippen LogP contribution in [0.2, 0.25) is 0 Å². The Balaban J connectivity index is 0.000000563. The molecule has 0 aliphatic heterocycles. The molecule has 3 aliphatic carbocycles. The van der Waals surface area contributed by atoms with E-state index in [0.717, 1.165) is 5.56 Å². The molecule has 0 aromatic heterocycles. The van der Waals surface area contributed by atoms with Crippen LogP contribution >= 0.6 is 0 Å². The van der Waals surface area contributed by atoms with Crippen molar-refractivity contribution in [2.24, 2.45) is 0 Å². The minimum absolute atomic E-state index is 0. The summed E-state index contributed by atoms with van der Waals surface area (Å²) in [6.45, 7) is 0. The van der Waals surface area contributed by atoms with Gasteiger partial charge < -0.3 is 6.15 Å². The highest BCUT2D eigenvalue weighted by Crippen LogP contribution is 2.59. The number of hydrogen-bond acceptors (Lipinski definition) is 1. The molecule has 1 aromatic rings. The molecule has 0 spiro atoms. The molecule has 1 nitrogen and oxygen atoms in total. The molecule has 3 aliphatic rings. The molecule has 0 saturated heterocycles. The van der Waals surface area contributed by atoms with Crippen molar-refractivity contribution in [3.8, 4) is 0 Å². The smallest absolute Gasteiger partial charge is 0.135 e. The second-order valence-electron chi connectivity index (χ2n) is 3.22. The molecule has 3 heteroatoms. The lowest BCUT2D eigenvalue weighted by Gasteiger charge is -2.16. The second-order valence-corrected chi connectivity index (χ2v) is 3.22. The minimum Gasteiger partial charge on any atom is -0.344 e. The van der Waals surface area contributed by atoms with Crippen LogP contribution in [0, 0.1) is 0 Å². The summed E-state index contributed by atoms with van der Waals surface area (Å²) in [6.07, 6.45) is -2.13. The summed E-state index contributed by atoms with van der Waals surface area (Å²) in [5.74, 6) is -0.495. The average Bonchev–Trinajstić information content (AvgIpc) is 2.38. The van der Waals surface area contributed by atoms with Crippen molar-refractivity contribution in [1.82, 2.24) is 6.15 Å². The van der Waals surface area contributed by atoms with Crippen LogP contribution in [0.15, 0.2) is 18.2 Å². The first-order chi connectivity index (χ1) is 5.29. The molecular weight excluding hydrogens is 160 g/mol. The van der Waals surface area contributed by atoms with Gasteiger partial charge in [0.1, 0.15) is 12.3 Å². The summed E-state index contributed by atoms with van der Waals surface area (Å²) in [7, 11) is 0. The van der Waals surface area contributed by atoms with Crippen molar-refractivity contribution < 1.29 is 8.78 Å². The number of rotatable bonds is 0. The molecule has 3 atom stereocenters. The van der Waals surface area contributed by atoms with Gasteiger partial charge in [0.25, 0.3) is 0 Å². The zero-order valence-corrected chi connectivity index (χ0v) is 6.43. The molecule has 0 radical (unpaired) electrons. The predicted octanol–water partition coefficient (Wildman–Crippen LogP) is 2.98. The van der Waals surface area contributed by atoms with E-state index in [-0.39, 0.29) is 6.15 Å². The average molecular weight is 169 g/mol. The van der Waals surface area contributed by atoms with Crippen LogP contribution in [0.1, 0.15) is 35.0 Å². The van der Waals surface area contributed by atoms with E-state index >= 15 is 0 Å². The summed E-state index contributed by atoms with van der Waals surface area (Å²) in [5, 5.41) is 0. The molecule has 3 N–H and O–H groups in total. The standard InChI is InChI=1S/C9H6F2.H3N/c10-8-5-2-1-4-3-6(5)9(11)7(4)8;/h1-3,7-9H;1H3. The fraction of sp³-hybridized carbons (Fsp3) is 0.333. The Kier molecular flexibility index (Phi) is 1.31. The highest BCUT2D eigenvalue weighted by molar-refractivity contribution is 5.51. The van der Waals surface area contributed by atoms with Gasteiger partial charge in [0.05, 0.1) is 5.92 Å². The van der Waals surface area contributed by atoms with Crippen LogP contribution in [0.25, 0.3) is 0 Å². The van der Waals surface area contributed by atoms with Crippen molar-refractivity contribution >= 4 is 0 Å². The van der Waals surface area contributed by atoms with Gasteiger partial charge in [-0.05, 0) is 16.7 Å².